The number of para-hydroxylation sites is 1. The van der Waals surface area contributed by atoms with Crippen molar-refractivity contribution in [1.29, 1.82) is 0 Å². The molecule has 0 bridgehead atoms. The molecule has 164 valence electrons. The van der Waals surface area contributed by atoms with E-state index in [1.54, 1.807) is 30.5 Å². The number of hydrogen-bond acceptors (Lipinski definition) is 3. The minimum atomic E-state index is -4.40. The van der Waals surface area contributed by atoms with Crippen molar-refractivity contribution in [3.05, 3.63) is 94.8 Å². The topological polar surface area (TPSA) is 57.2 Å². The predicted octanol–water partition coefficient (Wildman–Crippen LogP) is 5.83. The Morgan fingerprint density at radius 3 is 2.41 bits per heavy atom. The number of nitrogens with zero attached hydrogens (tertiary/aromatic N) is 1. The van der Waals surface area contributed by atoms with E-state index in [1.165, 1.54) is 12.1 Å². The number of rotatable bonds is 6. The zero-order chi connectivity index (χ0) is 22.7. The Balaban J connectivity index is 1.72. The molecule has 0 spiro atoms. The number of halogens is 3. The second-order valence-electron chi connectivity index (χ2n) is 7.37. The van der Waals surface area contributed by atoms with Crippen molar-refractivity contribution in [3.63, 3.8) is 0 Å². The van der Waals surface area contributed by atoms with Crippen LogP contribution in [-0.4, -0.2) is 11.1 Å². The van der Waals surface area contributed by atoms with Crippen molar-refractivity contribution in [3.8, 4) is 22.6 Å². The SMILES string of the molecule is NCCCn1ccc(=O)c2ccc(-c3ccccc3Oc3ccc(C(F)(F)F)cc3)cc21. The molecule has 0 atom stereocenters. The molecule has 4 nitrogen and oxygen atoms in total. The first-order chi connectivity index (χ1) is 15.4. The van der Waals surface area contributed by atoms with Crippen LogP contribution in [0.5, 0.6) is 11.5 Å². The first kappa shape index (κ1) is 21.6. The van der Waals surface area contributed by atoms with Crippen molar-refractivity contribution >= 4 is 10.9 Å². The monoisotopic (exact) mass is 438 g/mol. The van der Waals surface area contributed by atoms with Crippen molar-refractivity contribution < 1.29 is 17.9 Å². The number of pyridine rings is 1. The Morgan fingerprint density at radius 1 is 0.938 bits per heavy atom. The summed E-state index contributed by atoms with van der Waals surface area (Å²) in [6, 6.07) is 18.9. The number of alkyl halides is 3. The summed E-state index contributed by atoms with van der Waals surface area (Å²) in [6.07, 6.45) is -1.87. The summed E-state index contributed by atoms with van der Waals surface area (Å²) in [5.74, 6) is 0.796. The normalized spacial score (nSPS) is 11.6. The molecule has 1 aromatic heterocycles. The van der Waals surface area contributed by atoms with Crippen LogP contribution in [-0.2, 0) is 12.7 Å². The number of hydrogen-bond donors (Lipinski definition) is 1. The van der Waals surface area contributed by atoms with Gasteiger partial charge in [0.15, 0.2) is 5.43 Å². The van der Waals surface area contributed by atoms with Gasteiger partial charge >= 0.3 is 6.18 Å². The maximum absolute atomic E-state index is 12.8. The van der Waals surface area contributed by atoms with Gasteiger partial charge in [-0.1, -0.05) is 24.3 Å². The van der Waals surface area contributed by atoms with Gasteiger partial charge in [0.05, 0.1) is 11.1 Å². The first-order valence-electron chi connectivity index (χ1n) is 10.1. The molecule has 3 aromatic carbocycles. The number of nitrogens with two attached hydrogens (primary N) is 1. The van der Waals surface area contributed by atoms with E-state index in [1.807, 2.05) is 28.8 Å². The van der Waals surface area contributed by atoms with Crippen LogP contribution in [0, 0.1) is 0 Å². The van der Waals surface area contributed by atoms with Gasteiger partial charge in [0.2, 0.25) is 0 Å². The summed E-state index contributed by atoms with van der Waals surface area (Å²) in [5.41, 5.74) is 7.22. The summed E-state index contributed by atoms with van der Waals surface area (Å²) in [6.45, 7) is 1.22. The second kappa shape index (κ2) is 8.88. The highest BCUT2D eigenvalue weighted by molar-refractivity contribution is 5.86. The van der Waals surface area contributed by atoms with Crippen molar-refractivity contribution in [2.75, 3.05) is 6.54 Å². The highest BCUT2D eigenvalue weighted by Crippen LogP contribution is 2.36. The highest BCUT2D eigenvalue weighted by Gasteiger charge is 2.30. The Bertz CT molecular complexity index is 1300. The summed E-state index contributed by atoms with van der Waals surface area (Å²) in [7, 11) is 0. The number of aromatic nitrogens is 1. The smallest absolute Gasteiger partial charge is 0.416 e. The van der Waals surface area contributed by atoms with Gasteiger partial charge in [-0.2, -0.15) is 13.2 Å². The summed E-state index contributed by atoms with van der Waals surface area (Å²) >= 11 is 0. The van der Waals surface area contributed by atoms with Crippen molar-refractivity contribution in [2.45, 2.75) is 19.1 Å². The molecular formula is C25H21F3N2O2. The van der Waals surface area contributed by atoms with Gasteiger partial charge in [-0.3, -0.25) is 4.79 Å². The van der Waals surface area contributed by atoms with Gasteiger partial charge in [-0.15, -0.1) is 0 Å². The standard InChI is InChI=1S/C25H21F3N2O2/c26-25(27,28)18-7-9-19(10-8-18)32-24-5-2-1-4-20(24)17-6-11-21-22(16-17)30(14-3-13-29)15-12-23(21)31/h1-2,4-12,15-16H,3,13-14,29H2. The lowest BCUT2D eigenvalue weighted by atomic mass is 10.0. The quantitative estimate of drug-likeness (QED) is 0.412. The fourth-order valence-corrected chi connectivity index (χ4v) is 3.56. The van der Waals surface area contributed by atoms with E-state index in [9.17, 15) is 18.0 Å². The van der Waals surface area contributed by atoms with E-state index in [2.05, 4.69) is 0 Å². The third-order valence-corrected chi connectivity index (χ3v) is 5.19. The lowest BCUT2D eigenvalue weighted by Crippen LogP contribution is -2.11. The van der Waals surface area contributed by atoms with E-state index in [4.69, 9.17) is 10.5 Å². The lowest BCUT2D eigenvalue weighted by molar-refractivity contribution is -0.137. The van der Waals surface area contributed by atoms with E-state index in [0.29, 0.717) is 30.0 Å². The third kappa shape index (κ3) is 4.53. The molecule has 4 aromatic rings. The fraction of sp³-hybridized carbons (Fsp3) is 0.160. The molecule has 1 heterocycles. The van der Waals surface area contributed by atoms with Gasteiger partial charge < -0.3 is 15.0 Å². The lowest BCUT2D eigenvalue weighted by Gasteiger charge is -2.15. The number of aryl methyl sites for hydroxylation is 1. The second-order valence-corrected chi connectivity index (χ2v) is 7.37. The minimum Gasteiger partial charge on any atom is -0.457 e. The summed E-state index contributed by atoms with van der Waals surface area (Å²) in [4.78, 5) is 12.3. The first-order valence-corrected chi connectivity index (χ1v) is 10.1. The number of fused-ring (bicyclic) bond motifs is 1. The average Bonchev–Trinajstić information content (AvgIpc) is 2.79. The van der Waals surface area contributed by atoms with Crippen LogP contribution in [0.25, 0.3) is 22.0 Å². The van der Waals surface area contributed by atoms with Gasteiger partial charge in [0.1, 0.15) is 11.5 Å². The molecule has 0 unspecified atom stereocenters. The van der Waals surface area contributed by atoms with Crippen LogP contribution in [0.3, 0.4) is 0 Å². The molecule has 0 aliphatic carbocycles. The fourth-order valence-electron chi connectivity index (χ4n) is 3.56. The van der Waals surface area contributed by atoms with Crippen LogP contribution in [0.1, 0.15) is 12.0 Å². The van der Waals surface area contributed by atoms with Crippen LogP contribution >= 0.6 is 0 Å². The third-order valence-electron chi connectivity index (χ3n) is 5.19. The maximum atomic E-state index is 12.8. The summed E-state index contributed by atoms with van der Waals surface area (Å²) < 4.78 is 46.4. The molecule has 0 saturated carbocycles. The molecule has 0 aliphatic rings. The summed E-state index contributed by atoms with van der Waals surface area (Å²) in [5, 5.41) is 0.606. The molecule has 0 aliphatic heterocycles. The Morgan fingerprint density at radius 2 is 1.69 bits per heavy atom. The average molecular weight is 438 g/mol. The van der Waals surface area contributed by atoms with E-state index >= 15 is 0 Å². The predicted molar refractivity (Wildman–Crippen MR) is 119 cm³/mol. The molecule has 0 amide bonds. The molecule has 4 rings (SSSR count). The van der Waals surface area contributed by atoms with Crippen LogP contribution < -0.4 is 15.9 Å². The van der Waals surface area contributed by atoms with Crippen molar-refractivity contribution in [2.24, 2.45) is 5.73 Å². The minimum absolute atomic E-state index is 0.0650. The molecule has 0 saturated heterocycles. The van der Waals surface area contributed by atoms with Gasteiger partial charge in [0.25, 0.3) is 0 Å². The molecule has 32 heavy (non-hydrogen) atoms. The number of benzene rings is 3. The highest BCUT2D eigenvalue weighted by atomic mass is 19.4. The Labute approximate surface area is 182 Å². The van der Waals surface area contributed by atoms with Crippen LogP contribution in [0.15, 0.2) is 83.8 Å². The Hall–Kier alpha value is -3.58. The molecular weight excluding hydrogens is 417 g/mol. The van der Waals surface area contributed by atoms with Crippen LogP contribution in [0.2, 0.25) is 0 Å². The number of ether oxygens (including phenoxy) is 1. The van der Waals surface area contributed by atoms with Crippen molar-refractivity contribution in [1.82, 2.24) is 4.57 Å². The molecule has 2 N–H and O–H groups in total. The maximum Gasteiger partial charge on any atom is 0.416 e. The molecule has 0 radical (unpaired) electrons. The van der Waals surface area contributed by atoms with E-state index < -0.39 is 11.7 Å². The van der Waals surface area contributed by atoms with E-state index in [-0.39, 0.29) is 5.43 Å². The molecule has 0 fully saturated rings. The Kier molecular flexibility index (Phi) is 6.01. The van der Waals surface area contributed by atoms with Gasteiger partial charge in [0, 0.05) is 29.8 Å². The zero-order valence-corrected chi connectivity index (χ0v) is 17.1. The largest absolute Gasteiger partial charge is 0.457 e. The van der Waals surface area contributed by atoms with Gasteiger partial charge in [-0.25, -0.2) is 0 Å². The zero-order valence-electron chi connectivity index (χ0n) is 17.1. The van der Waals surface area contributed by atoms with Gasteiger partial charge in [-0.05, 0) is 61.0 Å². The molecule has 7 heteroatoms. The van der Waals surface area contributed by atoms with Crippen LogP contribution in [0.4, 0.5) is 13.2 Å². The van der Waals surface area contributed by atoms with E-state index in [0.717, 1.165) is 35.2 Å².